The number of amides is 2. The average molecular weight is 482 g/mol. The van der Waals surface area contributed by atoms with Crippen LogP contribution in [0.2, 0.25) is 5.02 Å². The van der Waals surface area contributed by atoms with Crippen LogP contribution in [-0.4, -0.2) is 41.1 Å². The Kier molecular flexibility index (Phi) is 6.43. The Labute approximate surface area is 193 Å². The maximum Gasteiger partial charge on any atom is 0.416 e. The number of carboxylic acid groups (broad SMARTS) is 1. The first-order valence-electron chi connectivity index (χ1n) is 10.7. The summed E-state index contributed by atoms with van der Waals surface area (Å²) in [5, 5.41) is 12.5. The molecule has 10 heteroatoms. The number of nitrogens with one attached hydrogen (secondary N) is 1. The fourth-order valence-electron chi connectivity index (χ4n) is 4.52. The highest BCUT2D eigenvalue weighted by Crippen LogP contribution is 2.39. The van der Waals surface area contributed by atoms with Crippen molar-refractivity contribution in [1.29, 1.82) is 0 Å². The third-order valence-electron chi connectivity index (χ3n) is 6.06. The molecule has 0 aliphatic carbocycles. The van der Waals surface area contributed by atoms with Gasteiger partial charge < -0.3 is 15.3 Å². The van der Waals surface area contributed by atoms with E-state index in [1.807, 2.05) is 4.90 Å². The second-order valence-electron chi connectivity index (χ2n) is 8.31. The topological polar surface area (TPSA) is 72.9 Å². The van der Waals surface area contributed by atoms with Crippen molar-refractivity contribution in [2.75, 3.05) is 23.3 Å². The molecule has 2 aromatic rings. The van der Waals surface area contributed by atoms with Gasteiger partial charge in [-0.15, -0.1) is 0 Å². The van der Waals surface area contributed by atoms with Crippen LogP contribution in [0.25, 0.3) is 0 Å². The Bertz CT molecular complexity index is 1080. The van der Waals surface area contributed by atoms with Crippen molar-refractivity contribution in [1.82, 2.24) is 4.90 Å². The number of carbonyl (C=O) groups is 2. The number of hydrogen-bond acceptors (Lipinski definition) is 3. The maximum atomic E-state index is 13.0. The molecule has 0 aromatic heterocycles. The number of halogens is 4. The van der Waals surface area contributed by atoms with Gasteiger partial charge in [-0.2, -0.15) is 13.2 Å². The molecule has 2 aliphatic rings. The standard InChI is InChI=1S/C23H23ClF3N3O3/c24-18-12-17(28-21(31)19-6-1-2-8-30(19)22(32)33)11-15-7-9-29(20(15)18)13-14-4-3-5-16(10-14)23(25,26)27/h3-5,10-12,19H,1-2,6-9,13H2,(H,28,31)(H,32,33). The van der Waals surface area contributed by atoms with E-state index in [1.54, 1.807) is 18.2 Å². The minimum absolute atomic E-state index is 0.276. The van der Waals surface area contributed by atoms with Crippen LogP contribution >= 0.6 is 11.6 Å². The van der Waals surface area contributed by atoms with Gasteiger partial charge in [-0.3, -0.25) is 9.69 Å². The van der Waals surface area contributed by atoms with Crippen LogP contribution in [-0.2, 0) is 23.9 Å². The number of nitrogens with zero attached hydrogens (tertiary/aromatic N) is 2. The van der Waals surface area contributed by atoms with E-state index in [0.29, 0.717) is 42.2 Å². The molecule has 6 nitrogen and oxygen atoms in total. The molecule has 0 bridgehead atoms. The maximum absolute atomic E-state index is 13.0. The molecule has 1 fully saturated rings. The van der Waals surface area contributed by atoms with Crippen LogP contribution in [0.1, 0.15) is 36.0 Å². The Balaban J connectivity index is 1.50. The Morgan fingerprint density at radius 1 is 1.15 bits per heavy atom. The molecule has 1 saturated heterocycles. The summed E-state index contributed by atoms with van der Waals surface area (Å²) < 4.78 is 39.1. The Hall–Kier alpha value is -2.94. The van der Waals surface area contributed by atoms with Gasteiger partial charge >= 0.3 is 12.3 Å². The third kappa shape index (κ3) is 5.03. The van der Waals surface area contributed by atoms with E-state index in [1.165, 1.54) is 6.07 Å². The first-order chi connectivity index (χ1) is 15.6. The van der Waals surface area contributed by atoms with Crippen molar-refractivity contribution < 1.29 is 27.9 Å². The van der Waals surface area contributed by atoms with E-state index < -0.39 is 29.8 Å². The number of fused-ring (bicyclic) bond motifs is 1. The highest BCUT2D eigenvalue weighted by atomic mass is 35.5. The van der Waals surface area contributed by atoms with Gasteiger partial charge in [0.15, 0.2) is 0 Å². The van der Waals surface area contributed by atoms with E-state index >= 15 is 0 Å². The predicted molar refractivity (Wildman–Crippen MR) is 119 cm³/mol. The summed E-state index contributed by atoms with van der Waals surface area (Å²) in [7, 11) is 0. The van der Waals surface area contributed by atoms with Gasteiger partial charge in [0.05, 0.1) is 16.3 Å². The van der Waals surface area contributed by atoms with E-state index in [0.717, 1.165) is 41.1 Å². The Morgan fingerprint density at radius 2 is 1.94 bits per heavy atom. The lowest BCUT2D eigenvalue weighted by atomic mass is 10.0. The number of likely N-dealkylation sites (tertiary alicyclic amines) is 1. The molecule has 2 aromatic carbocycles. The normalized spacial score (nSPS) is 18.2. The van der Waals surface area contributed by atoms with Crippen molar-refractivity contribution in [3.63, 3.8) is 0 Å². The smallest absolute Gasteiger partial charge is 0.416 e. The summed E-state index contributed by atoms with van der Waals surface area (Å²) in [5.41, 5.74) is 1.92. The summed E-state index contributed by atoms with van der Waals surface area (Å²) in [4.78, 5) is 27.3. The number of rotatable bonds is 4. The molecule has 2 N–H and O–H groups in total. The number of piperidine rings is 1. The van der Waals surface area contributed by atoms with Crippen molar-refractivity contribution >= 4 is 35.0 Å². The van der Waals surface area contributed by atoms with Crippen LogP contribution in [0.5, 0.6) is 0 Å². The highest BCUT2D eigenvalue weighted by molar-refractivity contribution is 6.34. The Morgan fingerprint density at radius 3 is 2.67 bits per heavy atom. The first kappa shape index (κ1) is 23.2. The third-order valence-corrected chi connectivity index (χ3v) is 6.34. The summed E-state index contributed by atoms with van der Waals surface area (Å²) >= 11 is 6.51. The van der Waals surface area contributed by atoms with Crippen LogP contribution in [0.4, 0.5) is 29.3 Å². The van der Waals surface area contributed by atoms with Gasteiger partial charge in [-0.1, -0.05) is 23.7 Å². The lowest BCUT2D eigenvalue weighted by molar-refractivity contribution is -0.137. The quantitative estimate of drug-likeness (QED) is 0.614. The van der Waals surface area contributed by atoms with Crippen LogP contribution in [0.15, 0.2) is 36.4 Å². The molecule has 33 heavy (non-hydrogen) atoms. The van der Waals surface area contributed by atoms with E-state index in [9.17, 15) is 27.9 Å². The molecule has 0 radical (unpaired) electrons. The molecule has 1 atom stereocenters. The molecule has 0 spiro atoms. The van der Waals surface area contributed by atoms with Crippen LogP contribution < -0.4 is 10.2 Å². The number of carbonyl (C=O) groups excluding carboxylic acids is 1. The molecule has 2 amide bonds. The summed E-state index contributed by atoms with van der Waals surface area (Å²) in [6.07, 6.45) is -2.94. The zero-order valence-corrected chi connectivity index (χ0v) is 18.4. The van der Waals surface area contributed by atoms with Gasteiger partial charge in [0.2, 0.25) is 5.91 Å². The fourth-order valence-corrected chi connectivity index (χ4v) is 4.88. The van der Waals surface area contributed by atoms with Gasteiger partial charge in [-0.05, 0) is 61.1 Å². The molecule has 2 heterocycles. The van der Waals surface area contributed by atoms with Crippen molar-refractivity contribution in [2.45, 2.75) is 44.4 Å². The largest absolute Gasteiger partial charge is 0.465 e. The second-order valence-corrected chi connectivity index (χ2v) is 8.72. The number of alkyl halides is 3. The minimum atomic E-state index is -4.40. The SMILES string of the molecule is O=C(Nc1cc(Cl)c2c(c1)CCN2Cc1cccc(C(F)(F)F)c1)C1CCCCN1C(=O)O. The van der Waals surface area contributed by atoms with Crippen molar-refractivity contribution in [3.05, 3.63) is 58.1 Å². The average Bonchev–Trinajstić information content (AvgIpc) is 3.16. The fraction of sp³-hybridized carbons (Fsp3) is 0.391. The molecule has 1 unspecified atom stereocenters. The zero-order valence-electron chi connectivity index (χ0n) is 17.7. The van der Waals surface area contributed by atoms with Crippen molar-refractivity contribution in [3.8, 4) is 0 Å². The van der Waals surface area contributed by atoms with E-state index in [4.69, 9.17) is 11.6 Å². The van der Waals surface area contributed by atoms with Gasteiger partial charge in [-0.25, -0.2) is 4.79 Å². The molecule has 0 saturated carbocycles. The number of anilines is 2. The van der Waals surface area contributed by atoms with Gasteiger partial charge in [0.25, 0.3) is 0 Å². The minimum Gasteiger partial charge on any atom is -0.465 e. The summed E-state index contributed by atoms with van der Waals surface area (Å²) in [6.45, 7) is 1.18. The molecular formula is C23H23ClF3N3O3. The second kappa shape index (κ2) is 9.13. The van der Waals surface area contributed by atoms with Gasteiger partial charge in [0, 0.05) is 25.3 Å². The summed E-state index contributed by atoms with van der Waals surface area (Å²) in [6, 6.07) is 7.85. The molecule has 4 rings (SSSR count). The molecule has 2 aliphatic heterocycles. The monoisotopic (exact) mass is 481 g/mol. The van der Waals surface area contributed by atoms with Crippen LogP contribution in [0, 0.1) is 0 Å². The van der Waals surface area contributed by atoms with E-state index in [-0.39, 0.29) is 6.54 Å². The lowest BCUT2D eigenvalue weighted by Gasteiger charge is -2.32. The number of benzene rings is 2. The first-order valence-corrected chi connectivity index (χ1v) is 11.0. The lowest BCUT2D eigenvalue weighted by Crippen LogP contribution is -2.49. The zero-order chi connectivity index (χ0) is 23.8. The predicted octanol–water partition coefficient (Wildman–Crippen LogP) is 5.39. The summed E-state index contributed by atoms with van der Waals surface area (Å²) in [5.74, 6) is -0.396. The van der Waals surface area contributed by atoms with E-state index in [2.05, 4.69) is 5.32 Å². The number of hydrogen-bond donors (Lipinski definition) is 2. The van der Waals surface area contributed by atoms with Gasteiger partial charge in [0.1, 0.15) is 6.04 Å². The highest BCUT2D eigenvalue weighted by Gasteiger charge is 2.33. The van der Waals surface area contributed by atoms with Crippen molar-refractivity contribution in [2.24, 2.45) is 0 Å². The molecule has 176 valence electrons. The molecular weight excluding hydrogens is 459 g/mol. The van der Waals surface area contributed by atoms with Crippen LogP contribution in [0.3, 0.4) is 0 Å².